The molecule has 0 unspecified atom stereocenters. The fraction of sp³-hybridized carbons (Fsp3) is 0.480. The second kappa shape index (κ2) is 8.38. The van der Waals surface area contributed by atoms with Gasteiger partial charge in [0.2, 0.25) is 0 Å². The third kappa shape index (κ3) is 4.09. The number of hydrogen-bond donors (Lipinski definition) is 1. The first kappa shape index (κ1) is 19.0. The number of rotatable bonds is 6. The number of phenolic OH excluding ortho intramolecular Hbond substituents is 1. The summed E-state index contributed by atoms with van der Waals surface area (Å²) in [5, 5.41) is 10.5. The Labute approximate surface area is 167 Å². The predicted octanol–water partition coefficient (Wildman–Crippen LogP) is 6.04. The molecule has 0 radical (unpaired) electrons. The Kier molecular flexibility index (Phi) is 5.70. The van der Waals surface area contributed by atoms with Crippen molar-refractivity contribution < 1.29 is 14.6 Å². The van der Waals surface area contributed by atoms with Gasteiger partial charge in [-0.05, 0) is 68.1 Å². The number of fused-ring (bicyclic) bond motifs is 3. The first-order valence-electron chi connectivity index (χ1n) is 10.7. The molecule has 0 spiro atoms. The summed E-state index contributed by atoms with van der Waals surface area (Å²) in [6, 6.07) is 14.2. The minimum absolute atomic E-state index is 0.0719. The number of phenols is 1. The molecule has 1 fully saturated rings. The average molecular weight is 379 g/mol. The van der Waals surface area contributed by atoms with Crippen LogP contribution in [-0.4, -0.2) is 17.0 Å². The minimum atomic E-state index is 0.0719. The topological polar surface area (TPSA) is 46.5 Å². The molecule has 0 amide bonds. The molecule has 0 aliphatic heterocycles. The lowest BCUT2D eigenvalue weighted by molar-refractivity contribution is 0.0915. The van der Waals surface area contributed by atoms with Crippen molar-refractivity contribution in [3.63, 3.8) is 0 Å². The Hall–Kier alpha value is -2.29. The third-order valence-corrected chi connectivity index (χ3v) is 6.41. The molecule has 148 valence electrons. The maximum absolute atomic E-state index is 12.6. The summed E-state index contributed by atoms with van der Waals surface area (Å²) < 4.78 is 6.14. The van der Waals surface area contributed by atoms with Crippen LogP contribution in [0.15, 0.2) is 42.5 Å². The average Bonchev–Trinajstić information content (AvgIpc) is 2.68. The van der Waals surface area contributed by atoms with Gasteiger partial charge in [-0.25, -0.2) is 0 Å². The minimum Gasteiger partial charge on any atom is -0.507 e. The highest BCUT2D eigenvalue weighted by atomic mass is 16.5. The summed E-state index contributed by atoms with van der Waals surface area (Å²) in [5.74, 6) is 1.72. The van der Waals surface area contributed by atoms with Gasteiger partial charge in [-0.15, -0.1) is 0 Å². The van der Waals surface area contributed by atoms with Gasteiger partial charge >= 0.3 is 0 Å². The van der Waals surface area contributed by atoms with Crippen molar-refractivity contribution in [3.8, 4) is 11.5 Å². The van der Waals surface area contributed by atoms with Gasteiger partial charge in [-0.2, -0.15) is 0 Å². The van der Waals surface area contributed by atoms with Gasteiger partial charge in [0.15, 0.2) is 5.78 Å². The fourth-order valence-corrected chi connectivity index (χ4v) is 5.02. The Morgan fingerprint density at radius 1 is 1.14 bits per heavy atom. The largest absolute Gasteiger partial charge is 0.507 e. The van der Waals surface area contributed by atoms with E-state index in [9.17, 15) is 9.90 Å². The molecule has 0 bridgehead atoms. The highest BCUT2D eigenvalue weighted by molar-refractivity contribution is 6.01. The van der Waals surface area contributed by atoms with Gasteiger partial charge in [0.25, 0.3) is 0 Å². The van der Waals surface area contributed by atoms with Crippen molar-refractivity contribution >= 4 is 5.78 Å². The molecule has 3 heteroatoms. The Bertz CT molecular complexity index is 827. The highest BCUT2D eigenvalue weighted by Gasteiger charge is 2.37. The lowest BCUT2D eigenvalue weighted by Gasteiger charge is -2.36. The van der Waals surface area contributed by atoms with Crippen molar-refractivity contribution in [2.45, 2.75) is 70.3 Å². The lowest BCUT2D eigenvalue weighted by Crippen LogP contribution is -2.28. The van der Waals surface area contributed by atoms with Gasteiger partial charge in [0.1, 0.15) is 11.5 Å². The zero-order chi connectivity index (χ0) is 19.5. The molecule has 0 saturated heterocycles. The molecule has 1 N–H and O–H groups in total. The molecular formula is C25H30O3. The van der Waals surface area contributed by atoms with Crippen LogP contribution in [0.1, 0.15) is 79.3 Å². The van der Waals surface area contributed by atoms with E-state index in [1.165, 1.54) is 18.4 Å². The molecule has 1 saturated carbocycles. The second-order valence-electron chi connectivity index (χ2n) is 8.49. The van der Waals surface area contributed by atoms with E-state index in [-0.39, 0.29) is 17.6 Å². The SMILES string of the molecule is C[C@H](CCCc1ccccc1)Oc1cc(O)c2c(c1)[C@H]1CCCC[C@@H]1CC2=O. The molecule has 2 aliphatic carbocycles. The van der Waals surface area contributed by atoms with Crippen LogP contribution in [0.2, 0.25) is 0 Å². The summed E-state index contributed by atoms with van der Waals surface area (Å²) in [6.07, 6.45) is 8.37. The van der Waals surface area contributed by atoms with Crippen LogP contribution in [0.25, 0.3) is 0 Å². The smallest absolute Gasteiger partial charge is 0.167 e. The number of ketones is 1. The van der Waals surface area contributed by atoms with Gasteiger partial charge in [0.05, 0.1) is 11.7 Å². The number of aryl methyl sites for hydroxylation is 1. The van der Waals surface area contributed by atoms with Crippen LogP contribution in [0.4, 0.5) is 0 Å². The quantitative estimate of drug-likeness (QED) is 0.666. The molecule has 2 aromatic carbocycles. The summed E-state index contributed by atoms with van der Waals surface area (Å²) in [5.41, 5.74) is 2.92. The van der Waals surface area contributed by atoms with E-state index in [0.717, 1.165) is 37.7 Å². The van der Waals surface area contributed by atoms with E-state index in [4.69, 9.17) is 4.74 Å². The van der Waals surface area contributed by atoms with Crippen LogP contribution < -0.4 is 4.74 Å². The van der Waals surface area contributed by atoms with Gasteiger partial charge in [-0.1, -0.05) is 43.2 Å². The Morgan fingerprint density at radius 2 is 1.93 bits per heavy atom. The van der Waals surface area contributed by atoms with Crippen LogP contribution in [0, 0.1) is 5.92 Å². The number of carbonyl (C=O) groups is 1. The van der Waals surface area contributed by atoms with Crippen molar-refractivity contribution in [1.82, 2.24) is 0 Å². The standard InChI is InChI=1S/C25H30O3/c1-17(8-7-11-18-9-3-2-4-10-18)28-20-15-22-21-13-6-5-12-19(21)14-23(26)25(22)24(27)16-20/h2-4,9-10,15-17,19,21,27H,5-8,11-14H2,1H3/t17-,19-,21+/m1/s1. The van der Waals surface area contributed by atoms with Crippen molar-refractivity contribution in [1.29, 1.82) is 0 Å². The first-order valence-corrected chi connectivity index (χ1v) is 10.7. The molecule has 3 nitrogen and oxygen atoms in total. The molecule has 2 aliphatic rings. The zero-order valence-electron chi connectivity index (χ0n) is 16.7. The molecule has 4 rings (SSSR count). The Balaban J connectivity index is 1.44. The van der Waals surface area contributed by atoms with Crippen LogP contribution >= 0.6 is 0 Å². The van der Waals surface area contributed by atoms with E-state index in [2.05, 4.69) is 31.2 Å². The molecule has 0 aromatic heterocycles. The number of ether oxygens (including phenoxy) is 1. The van der Waals surface area contributed by atoms with E-state index in [0.29, 0.717) is 29.6 Å². The van der Waals surface area contributed by atoms with Gasteiger partial charge in [0, 0.05) is 12.5 Å². The molecule has 2 aromatic rings. The maximum atomic E-state index is 12.6. The van der Waals surface area contributed by atoms with E-state index in [1.807, 2.05) is 12.1 Å². The first-order chi connectivity index (χ1) is 13.6. The fourth-order valence-electron chi connectivity index (χ4n) is 5.02. The highest BCUT2D eigenvalue weighted by Crippen LogP contribution is 2.48. The van der Waals surface area contributed by atoms with Crippen LogP contribution in [0.3, 0.4) is 0 Å². The van der Waals surface area contributed by atoms with Crippen LogP contribution in [-0.2, 0) is 6.42 Å². The number of hydrogen-bond acceptors (Lipinski definition) is 3. The molecular weight excluding hydrogens is 348 g/mol. The van der Waals surface area contributed by atoms with Crippen molar-refractivity contribution in [2.75, 3.05) is 0 Å². The van der Waals surface area contributed by atoms with Crippen LogP contribution in [0.5, 0.6) is 11.5 Å². The van der Waals surface area contributed by atoms with Crippen molar-refractivity contribution in [3.05, 3.63) is 59.2 Å². The normalized spacial score (nSPS) is 22.2. The molecule has 28 heavy (non-hydrogen) atoms. The van der Waals surface area contributed by atoms with Gasteiger partial charge < -0.3 is 9.84 Å². The molecule has 0 heterocycles. The maximum Gasteiger partial charge on any atom is 0.167 e. The van der Waals surface area contributed by atoms with E-state index in [1.54, 1.807) is 6.07 Å². The summed E-state index contributed by atoms with van der Waals surface area (Å²) >= 11 is 0. The number of aromatic hydroxyl groups is 1. The Morgan fingerprint density at radius 3 is 2.75 bits per heavy atom. The van der Waals surface area contributed by atoms with Gasteiger partial charge in [-0.3, -0.25) is 4.79 Å². The summed E-state index contributed by atoms with van der Waals surface area (Å²) in [7, 11) is 0. The number of benzene rings is 2. The van der Waals surface area contributed by atoms with E-state index < -0.39 is 0 Å². The monoisotopic (exact) mass is 378 g/mol. The van der Waals surface area contributed by atoms with Crippen molar-refractivity contribution in [2.24, 2.45) is 5.92 Å². The summed E-state index contributed by atoms with van der Waals surface area (Å²) in [6.45, 7) is 2.08. The number of Topliss-reactive ketones (excluding diaryl/α,β-unsaturated/α-hetero) is 1. The summed E-state index contributed by atoms with van der Waals surface area (Å²) in [4.78, 5) is 12.6. The molecule has 3 atom stereocenters. The van der Waals surface area contributed by atoms with E-state index >= 15 is 0 Å². The number of carbonyl (C=O) groups excluding carboxylic acids is 1. The second-order valence-corrected chi connectivity index (χ2v) is 8.49. The third-order valence-electron chi connectivity index (χ3n) is 6.41. The zero-order valence-corrected chi connectivity index (χ0v) is 16.7. The lowest BCUT2D eigenvalue weighted by atomic mass is 9.67. The predicted molar refractivity (Wildman–Crippen MR) is 111 cm³/mol.